The van der Waals surface area contributed by atoms with Gasteiger partial charge in [0, 0.05) is 66.8 Å². The van der Waals surface area contributed by atoms with E-state index in [1.165, 1.54) is 13.8 Å². The number of nitrogens with zero attached hydrogens (tertiary/aromatic N) is 3. The van der Waals surface area contributed by atoms with Gasteiger partial charge in [-0.1, -0.05) is 74.5 Å². The van der Waals surface area contributed by atoms with Crippen LogP contribution in [-0.2, 0) is 67.1 Å². The van der Waals surface area contributed by atoms with Gasteiger partial charge in [-0.05, 0) is 81.1 Å². The van der Waals surface area contributed by atoms with Gasteiger partial charge in [-0.25, -0.2) is 0 Å². The fourth-order valence-corrected chi connectivity index (χ4v) is 3.97. The number of carbonyl (C=O) groups is 5. The molecule has 61 heavy (non-hydrogen) atoms. The van der Waals surface area contributed by atoms with Crippen LogP contribution >= 0.6 is 0 Å². The molecule has 0 aromatic heterocycles. The molecule has 0 aliphatic carbocycles. The molecule has 0 unspecified atom stereocenters. The molecule has 0 heterocycles. The number of hydrogen-bond acceptors (Lipinski definition) is 13. The second kappa shape index (κ2) is 36.8. The molecule has 0 aliphatic heterocycles. The second-order valence-electron chi connectivity index (χ2n) is 16.2. The number of carbonyl (C=O) groups excluding carboxylic acids is 4. The molecule has 0 aliphatic rings. The first kappa shape index (κ1) is 66.3. The number of amides is 2. The van der Waals surface area contributed by atoms with Crippen molar-refractivity contribution < 1.29 is 64.1 Å². The quantitative estimate of drug-likeness (QED) is 0.0676. The summed E-state index contributed by atoms with van der Waals surface area (Å²) in [5, 5.41) is 21.5. The zero-order valence-corrected chi connectivity index (χ0v) is 41.0. The zero-order chi connectivity index (χ0) is 46.2. The van der Waals surface area contributed by atoms with Gasteiger partial charge in [-0.2, -0.15) is 0 Å². The maximum Gasteiger partial charge on any atom is 0.309 e. The van der Waals surface area contributed by atoms with Crippen LogP contribution in [0.2, 0.25) is 0 Å². The minimum atomic E-state index is -1.09. The van der Waals surface area contributed by atoms with Crippen molar-refractivity contribution in [2.24, 2.45) is 22.3 Å². The summed E-state index contributed by atoms with van der Waals surface area (Å²) in [5.74, 6) is -2.11. The molecule has 0 fully saturated rings. The second-order valence-corrected chi connectivity index (χ2v) is 16.2. The Morgan fingerprint density at radius 2 is 0.934 bits per heavy atom. The van der Waals surface area contributed by atoms with E-state index < -0.39 is 28.3 Å². The molecule has 0 spiro atoms. The SMILES string of the molecule is CC(C)(CC(=O)OCc1ccccc1)C(=O)O.CN(C)CCN.CN(C)CCNC(=O)C(C)(C)CC(=O)OCc1ccccc1.CN(C)CCNC(=O)C(C)(C)N.CO.[CH3-].[Pd]. The molecule has 0 bridgehead atoms. The number of nitrogens with one attached hydrogen (secondary N) is 2. The average molecular weight is 958 g/mol. The fourth-order valence-electron chi connectivity index (χ4n) is 3.97. The number of rotatable bonds is 19. The van der Waals surface area contributed by atoms with Gasteiger partial charge in [0.1, 0.15) is 13.2 Å². The Morgan fingerprint density at radius 1 is 0.607 bits per heavy atom. The van der Waals surface area contributed by atoms with Crippen molar-refractivity contribution in [3.63, 3.8) is 0 Å². The molecule has 16 nitrogen and oxygen atoms in total. The van der Waals surface area contributed by atoms with E-state index in [-0.39, 0.29) is 71.7 Å². The van der Waals surface area contributed by atoms with Crippen LogP contribution in [0.25, 0.3) is 0 Å². The van der Waals surface area contributed by atoms with E-state index in [2.05, 4.69) is 15.5 Å². The summed E-state index contributed by atoms with van der Waals surface area (Å²) >= 11 is 0. The molecule has 2 aromatic rings. The van der Waals surface area contributed by atoms with E-state index in [0.29, 0.717) is 13.1 Å². The van der Waals surface area contributed by atoms with Gasteiger partial charge in [-0.3, -0.25) is 24.0 Å². The number of likely N-dealkylation sites (N-methyl/N-ethyl adjacent to an activating group) is 3. The van der Waals surface area contributed by atoms with E-state index in [0.717, 1.165) is 44.4 Å². The Kier molecular flexibility index (Phi) is 40.0. The van der Waals surface area contributed by atoms with Gasteiger partial charge < -0.3 is 63.9 Å². The van der Waals surface area contributed by atoms with Crippen LogP contribution in [0.4, 0.5) is 0 Å². The third kappa shape index (κ3) is 38.8. The van der Waals surface area contributed by atoms with Gasteiger partial charge in [0.05, 0.1) is 29.2 Å². The Hall–Kier alpha value is -3.79. The fraction of sp³-hybridized carbons (Fsp3) is 0.591. The Bertz CT molecular complexity index is 1440. The number of aliphatic hydroxyl groups is 1. The molecule has 356 valence electrons. The molecule has 0 atom stereocenters. The van der Waals surface area contributed by atoms with Crippen LogP contribution in [-0.4, -0.2) is 149 Å². The monoisotopic (exact) mass is 957 g/mol. The summed E-state index contributed by atoms with van der Waals surface area (Å²) in [4.78, 5) is 63.5. The van der Waals surface area contributed by atoms with Gasteiger partial charge in [0.25, 0.3) is 0 Å². The minimum absolute atomic E-state index is 0. The molecule has 8 N–H and O–H groups in total. The maximum atomic E-state index is 12.1. The average Bonchev–Trinajstić information content (AvgIpc) is 3.14. The first-order valence-electron chi connectivity index (χ1n) is 19.4. The predicted molar refractivity (Wildman–Crippen MR) is 240 cm³/mol. The normalized spacial score (nSPS) is 10.5. The molecule has 2 amide bonds. The van der Waals surface area contributed by atoms with Crippen LogP contribution in [0.5, 0.6) is 0 Å². The smallest absolute Gasteiger partial charge is 0.309 e. The standard InChI is InChI=1S/C17H26N2O3.C13H16O4.C8H19N3O.C4H12N2.CH4O.CH3.Pd/c1-17(2,16(21)18-10-11-19(3)4)12-15(20)22-13-14-8-6-5-7-9-14;1-13(2,12(15)16)8-11(14)17-9-10-6-4-3-5-7-10;1-8(2,9)7(12)10-5-6-11(3)4;1-6(2)4-3-5;1-2;;/h5-9H,10-13H2,1-4H3,(H,18,21);3-7H,8-9H2,1-2H3,(H,15,16);5-6,9H2,1-4H3,(H,10,12);3-5H2,1-2H3;2H,1H3;1H3;/q;;;;;-1;. The van der Waals surface area contributed by atoms with E-state index in [4.69, 9.17) is 31.2 Å². The molecular formula is C44H80N7O9Pd-. The summed E-state index contributed by atoms with van der Waals surface area (Å²) < 4.78 is 10.2. The number of ether oxygens (including phenoxy) is 2. The summed E-state index contributed by atoms with van der Waals surface area (Å²) in [6, 6.07) is 18.8. The van der Waals surface area contributed by atoms with Crippen molar-refractivity contribution in [3.8, 4) is 0 Å². The number of nitrogens with two attached hydrogens (primary N) is 2. The largest absolute Gasteiger partial charge is 0.481 e. The number of carboxylic acids is 1. The van der Waals surface area contributed by atoms with Crippen molar-refractivity contribution in [1.29, 1.82) is 0 Å². The van der Waals surface area contributed by atoms with Crippen molar-refractivity contribution >= 4 is 29.7 Å². The molecule has 2 rings (SSSR count). The van der Waals surface area contributed by atoms with Crippen LogP contribution in [0, 0.1) is 18.3 Å². The Balaban J connectivity index is -0.000000239. The van der Waals surface area contributed by atoms with E-state index in [9.17, 15) is 24.0 Å². The number of aliphatic hydroxyl groups excluding tert-OH is 1. The molecule has 0 saturated heterocycles. The molecule has 0 radical (unpaired) electrons. The van der Waals surface area contributed by atoms with Gasteiger partial charge >= 0.3 is 17.9 Å². The molecule has 2 aromatic carbocycles. The van der Waals surface area contributed by atoms with Crippen LogP contribution in [0.3, 0.4) is 0 Å². The van der Waals surface area contributed by atoms with Gasteiger partial charge in [0.15, 0.2) is 0 Å². The van der Waals surface area contributed by atoms with Gasteiger partial charge in [0.2, 0.25) is 11.8 Å². The maximum absolute atomic E-state index is 12.1. The van der Waals surface area contributed by atoms with Crippen molar-refractivity contribution in [1.82, 2.24) is 25.3 Å². The van der Waals surface area contributed by atoms with Crippen molar-refractivity contribution in [3.05, 3.63) is 79.2 Å². The predicted octanol–water partition coefficient (Wildman–Crippen LogP) is 3.02. The Morgan fingerprint density at radius 3 is 1.21 bits per heavy atom. The van der Waals surface area contributed by atoms with E-state index >= 15 is 0 Å². The summed E-state index contributed by atoms with van der Waals surface area (Å²) in [6.45, 7) is 14.8. The number of benzene rings is 2. The number of esters is 2. The third-order valence-corrected chi connectivity index (χ3v) is 7.70. The number of aliphatic carboxylic acids is 1. The van der Waals surface area contributed by atoms with E-state index in [1.807, 2.05) is 113 Å². The van der Waals surface area contributed by atoms with Crippen molar-refractivity contribution in [2.75, 3.05) is 88.7 Å². The topological polar surface area (TPSA) is 230 Å². The van der Waals surface area contributed by atoms with Crippen molar-refractivity contribution in [2.45, 2.75) is 73.1 Å². The first-order chi connectivity index (χ1) is 27.3. The minimum Gasteiger partial charge on any atom is -0.481 e. The zero-order valence-electron chi connectivity index (χ0n) is 39.4. The van der Waals surface area contributed by atoms with Crippen LogP contribution in [0.15, 0.2) is 60.7 Å². The summed E-state index contributed by atoms with van der Waals surface area (Å²) in [5.41, 5.74) is 9.94. The third-order valence-electron chi connectivity index (χ3n) is 7.70. The molecule has 0 saturated carbocycles. The Labute approximate surface area is 381 Å². The van der Waals surface area contributed by atoms with Gasteiger partial charge in [-0.15, -0.1) is 0 Å². The number of hydrogen-bond donors (Lipinski definition) is 6. The number of carboxylic acid groups (broad SMARTS) is 1. The molecular weight excluding hydrogens is 877 g/mol. The summed E-state index contributed by atoms with van der Waals surface area (Å²) in [6.07, 6.45) is -0.0667. The van der Waals surface area contributed by atoms with E-state index in [1.54, 1.807) is 27.7 Å². The van der Waals surface area contributed by atoms with Crippen LogP contribution in [0.1, 0.15) is 65.5 Å². The first-order valence-corrected chi connectivity index (χ1v) is 19.4. The summed E-state index contributed by atoms with van der Waals surface area (Å²) in [7, 11) is 12.8. The van der Waals surface area contributed by atoms with Crippen LogP contribution < -0.4 is 22.1 Å². The molecule has 17 heteroatoms.